The third kappa shape index (κ3) is 3.89. The van der Waals surface area contributed by atoms with Crippen molar-refractivity contribution < 1.29 is 14.3 Å². The SMILES string of the molecule is COCCn1cnnc1SCC(=O)c1[nH]c(C)c(C(C)=O)c1C. The van der Waals surface area contributed by atoms with Crippen molar-refractivity contribution in [3.8, 4) is 0 Å². The number of methoxy groups -OCH3 is 1. The van der Waals surface area contributed by atoms with Gasteiger partial charge < -0.3 is 14.3 Å². The topological polar surface area (TPSA) is 89.9 Å². The van der Waals surface area contributed by atoms with Crippen molar-refractivity contribution in [2.24, 2.45) is 0 Å². The van der Waals surface area contributed by atoms with E-state index in [2.05, 4.69) is 15.2 Å². The Morgan fingerprint density at radius 3 is 2.74 bits per heavy atom. The molecule has 7 nitrogen and oxygen atoms in total. The molecular formula is C15H20N4O3S. The van der Waals surface area contributed by atoms with Crippen LogP contribution in [-0.2, 0) is 11.3 Å². The Morgan fingerprint density at radius 2 is 2.13 bits per heavy atom. The first-order valence-electron chi connectivity index (χ1n) is 7.18. The second kappa shape index (κ2) is 7.56. The monoisotopic (exact) mass is 336 g/mol. The second-order valence-corrected chi connectivity index (χ2v) is 6.14. The standard InChI is InChI=1S/C15H20N4O3S/c1-9-13(11(3)20)10(2)17-14(9)12(21)7-23-15-18-16-8-19(15)5-6-22-4/h8,17H,5-7H2,1-4H3. The van der Waals surface area contributed by atoms with E-state index < -0.39 is 0 Å². The van der Waals surface area contributed by atoms with Crippen molar-refractivity contribution in [3.05, 3.63) is 28.8 Å². The van der Waals surface area contributed by atoms with E-state index in [0.29, 0.717) is 35.1 Å². The predicted molar refractivity (Wildman–Crippen MR) is 87.2 cm³/mol. The Morgan fingerprint density at radius 1 is 1.39 bits per heavy atom. The number of hydrogen-bond donors (Lipinski definition) is 1. The van der Waals surface area contributed by atoms with Gasteiger partial charge in [-0.2, -0.15) is 0 Å². The van der Waals surface area contributed by atoms with Crippen LogP contribution in [0.5, 0.6) is 0 Å². The lowest BCUT2D eigenvalue weighted by Gasteiger charge is -2.05. The summed E-state index contributed by atoms with van der Waals surface area (Å²) in [5.74, 6) is 0.121. The molecule has 23 heavy (non-hydrogen) atoms. The van der Waals surface area contributed by atoms with Gasteiger partial charge in [0.15, 0.2) is 16.7 Å². The molecule has 2 aromatic heterocycles. The summed E-state index contributed by atoms with van der Waals surface area (Å²) in [5, 5.41) is 8.54. The fraction of sp³-hybridized carbons (Fsp3) is 0.467. The van der Waals surface area contributed by atoms with Crippen LogP contribution in [0.4, 0.5) is 0 Å². The highest BCUT2D eigenvalue weighted by molar-refractivity contribution is 7.99. The molecule has 0 aromatic carbocycles. The highest BCUT2D eigenvalue weighted by Gasteiger charge is 2.20. The number of nitrogens with one attached hydrogen (secondary N) is 1. The lowest BCUT2D eigenvalue weighted by Crippen LogP contribution is -2.08. The van der Waals surface area contributed by atoms with E-state index in [1.807, 2.05) is 4.57 Å². The maximum absolute atomic E-state index is 12.4. The number of H-pyrrole nitrogens is 1. The number of thioether (sulfide) groups is 1. The summed E-state index contributed by atoms with van der Waals surface area (Å²) in [6, 6.07) is 0. The van der Waals surface area contributed by atoms with Crippen LogP contribution in [0.3, 0.4) is 0 Å². The van der Waals surface area contributed by atoms with Gasteiger partial charge in [0, 0.05) is 24.9 Å². The van der Waals surface area contributed by atoms with Gasteiger partial charge in [-0.3, -0.25) is 9.59 Å². The van der Waals surface area contributed by atoms with Crippen molar-refractivity contribution in [1.29, 1.82) is 0 Å². The first-order chi connectivity index (χ1) is 11.0. The van der Waals surface area contributed by atoms with Gasteiger partial charge in [0.05, 0.1) is 18.1 Å². The number of ether oxygens (including phenoxy) is 1. The van der Waals surface area contributed by atoms with Crippen molar-refractivity contribution in [2.75, 3.05) is 19.5 Å². The molecule has 0 aliphatic rings. The molecule has 0 aliphatic carbocycles. The second-order valence-electron chi connectivity index (χ2n) is 5.19. The lowest BCUT2D eigenvalue weighted by molar-refractivity contribution is 0.101. The number of nitrogens with zero attached hydrogens (tertiary/aromatic N) is 3. The van der Waals surface area contributed by atoms with E-state index in [1.54, 1.807) is 27.3 Å². The van der Waals surface area contributed by atoms with Crippen LogP contribution in [0.1, 0.15) is 39.0 Å². The van der Waals surface area contributed by atoms with Crippen molar-refractivity contribution in [1.82, 2.24) is 19.7 Å². The van der Waals surface area contributed by atoms with Gasteiger partial charge in [0.25, 0.3) is 0 Å². The minimum absolute atomic E-state index is 0.0396. The summed E-state index contributed by atoms with van der Waals surface area (Å²) in [6.07, 6.45) is 1.61. The molecule has 0 aliphatic heterocycles. The third-order valence-corrected chi connectivity index (χ3v) is 4.50. The molecule has 0 amide bonds. The Bertz CT molecular complexity index is 720. The number of rotatable bonds is 8. The van der Waals surface area contributed by atoms with Crippen LogP contribution >= 0.6 is 11.8 Å². The summed E-state index contributed by atoms with van der Waals surface area (Å²) < 4.78 is 6.87. The molecule has 2 rings (SSSR count). The number of aromatic nitrogens is 4. The quantitative estimate of drug-likeness (QED) is 0.586. The summed E-state index contributed by atoms with van der Waals surface area (Å²) in [5.41, 5.74) is 2.53. The Labute approximate surface area is 138 Å². The molecule has 0 fully saturated rings. The van der Waals surface area contributed by atoms with E-state index >= 15 is 0 Å². The van der Waals surface area contributed by atoms with E-state index in [-0.39, 0.29) is 17.3 Å². The normalized spacial score (nSPS) is 11.0. The van der Waals surface area contributed by atoms with Crippen LogP contribution in [0, 0.1) is 13.8 Å². The third-order valence-electron chi connectivity index (χ3n) is 3.52. The molecule has 0 bridgehead atoms. The van der Waals surface area contributed by atoms with E-state index in [4.69, 9.17) is 4.74 Å². The predicted octanol–water partition coefficient (Wildman–Crippen LogP) is 2.05. The molecule has 8 heteroatoms. The zero-order valence-electron chi connectivity index (χ0n) is 13.7. The maximum Gasteiger partial charge on any atom is 0.191 e. The van der Waals surface area contributed by atoms with Crippen LogP contribution < -0.4 is 0 Å². The summed E-state index contributed by atoms with van der Waals surface area (Å²) in [7, 11) is 1.63. The number of carbonyl (C=O) groups is 2. The first kappa shape index (κ1) is 17.4. The molecule has 0 spiro atoms. The zero-order chi connectivity index (χ0) is 17.0. The van der Waals surface area contributed by atoms with Gasteiger partial charge in [-0.05, 0) is 26.3 Å². The van der Waals surface area contributed by atoms with Gasteiger partial charge in [-0.15, -0.1) is 10.2 Å². The Balaban J connectivity index is 2.08. The summed E-state index contributed by atoms with van der Waals surface area (Å²) in [4.78, 5) is 27.1. The molecule has 0 unspecified atom stereocenters. The van der Waals surface area contributed by atoms with Gasteiger partial charge in [-0.1, -0.05) is 11.8 Å². The molecule has 0 radical (unpaired) electrons. The highest BCUT2D eigenvalue weighted by atomic mass is 32.2. The van der Waals surface area contributed by atoms with Crippen LogP contribution in [-0.4, -0.2) is 50.8 Å². The van der Waals surface area contributed by atoms with Gasteiger partial charge in [-0.25, -0.2) is 0 Å². The average molecular weight is 336 g/mol. The van der Waals surface area contributed by atoms with E-state index in [1.165, 1.54) is 18.7 Å². The van der Waals surface area contributed by atoms with Crippen LogP contribution in [0.2, 0.25) is 0 Å². The Hall–Kier alpha value is -1.93. The molecule has 0 saturated carbocycles. The van der Waals surface area contributed by atoms with E-state index in [0.717, 1.165) is 5.69 Å². The maximum atomic E-state index is 12.4. The van der Waals surface area contributed by atoms with E-state index in [9.17, 15) is 9.59 Å². The molecule has 2 heterocycles. The summed E-state index contributed by atoms with van der Waals surface area (Å²) in [6.45, 7) is 6.28. The van der Waals surface area contributed by atoms with Crippen LogP contribution in [0.15, 0.2) is 11.5 Å². The fourth-order valence-electron chi connectivity index (χ4n) is 2.46. The van der Waals surface area contributed by atoms with Gasteiger partial charge in [0.2, 0.25) is 0 Å². The first-order valence-corrected chi connectivity index (χ1v) is 8.17. The van der Waals surface area contributed by atoms with Gasteiger partial charge in [0.1, 0.15) is 6.33 Å². The molecular weight excluding hydrogens is 316 g/mol. The smallest absolute Gasteiger partial charge is 0.191 e. The van der Waals surface area contributed by atoms with Gasteiger partial charge >= 0.3 is 0 Å². The lowest BCUT2D eigenvalue weighted by atomic mass is 10.1. The molecule has 2 aromatic rings. The Kier molecular flexibility index (Phi) is 5.73. The molecule has 0 atom stereocenters. The number of ketones is 2. The minimum Gasteiger partial charge on any atom is -0.383 e. The zero-order valence-corrected chi connectivity index (χ0v) is 14.5. The van der Waals surface area contributed by atoms with Crippen molar-refractivity contribution in [3.63, 3.8) is 0 Å². The summed E-state index contributed by atoms with van der Waals surface area (Å²) >= 11 is 1.32. The molecule has 0 saturated heterocycles. The molecule has 124 valence electrons. The largest absolute Gasteiger partial charge is 0.383 e. The molecule has 1 N–H and O–H groups in total. The number of aryl methyl sites for hydroxylation is 1. The number of hydrogen-bond acceptors (Lipinski definition) is 6. The number of aromatic amines is 1. The van der Waals surface area contributed by atoms with Crippen molar-refractivity contribution in [2.45, 2.75) is 32.5 Å². The highest BCUT2D eigenvalue weighted by Crippen LogP contribution is 2.22. The van der Waals surface area contributed by atoms with Crippen LogP contribution in [0.25, 0.3) is 0 Å². The average Bonchev–Trinajstić information content (AvgIpc) is 3.06. The number of carbonyl (C=O) groups excluding carboxylic acids is 2. The van der Waals surface area contributed by atoms with Crippen molar-refractivity contribution >= 4 is 23.3 Å². The number of Topliss-reactive ketones (excluding diaryl/α,β-unsaturated/α-hetero) is 2. The minimum atomic E-state index is -0.0654. The fourth-order valence-corrected chi connectivity index (χ4v) is 3.27.